The maximum absolute atomic E-state index is 10.3. The standard InChI is InChI=1S/C18H34N4O2/c1-19-16(21-15-18(23)8-5-9-18)20-14-17(6-3-2-4-7-17)22-10-12-24-13-11-22/h23H,2-15H2,1H3,(H2,19,20,21). The van der Waals surface area contributed by atoms with Crippen LogP contribution in [0.25, 0.3) is 0 Å². The molecule has 6 heteroatoms. The molecule has 0 unspecified atom stereocenters. The first-order chi connectivity index (χ1) is 11.7. The van der Waals surface area contributed by atoms with Crippen molar-refractivity contribution in [3.05, 3.63) is 0 Å². The van der Waals surface area contributed by atoms with E-state index in [0.29, 0.717) is 6.54 Å². The molecule has 0 amide bonds. The van der Waals surface area contributed by atoms with Crippen molar-refractivity contribution in [2.75, 3.05) is 46.4 Å². The van der Waals surface area contributed by atoms with E-state index in [9.17, 15) is 5.11 Å². The van der Waals surface area contributed by atoms with Crippen molar-refractivity contribution >= 4 is 5.96 Å². The third-order valence-corrected chi connectivity index (χ3v) is 6.14. The second kappa shape index (κ2) is 8.02. The number of nitrogens with one attached hydrogen (secondary N) is 2. The quantitative estimate of drug-likeness (QED) is 0.517. The van der Waals surface area contributed by atoms with Gasteiger partial charge in [0.2, 0.25) is 0 Å². The minimum atomic E-state index is -0.523. The molecule has 138 valence electrons. The zero-order chi connectivity index (χ0) is 16.9. The number of nitrogens with zero attached hydrogens (tertiary/aromatic N) is 2. The minimum absolute atomic E-state index is 0.229. The Morgan fingerprint density at radius 1 is 1.00 bits per heavy atom. The summed E-state index contributed by atoms with van der Waals surface area (Å²) in [6, 6.07) is 0. The Labute approximate surface area is 146 Å². The second-order valence-electron chi connectivity index (χ2n) is 7.74. The average molecular weight is 338 g/mol. The molecule has 2 saturated carbocycles. The van der Waals surface area contributed by atoms with Crippen LogP contribution in [0.15, 0.2) is 4.99 Å². The van der Waals surface area contributed by atoms with E-state index in [-0.39, 0.29) is 5.54 Å². The molecule has 1 aliphatic heterocycles. The Kier molecular flexibility index (Phi) is 6.00. The fourth-order valence-corrected chi connectivity index (χ4v) is 4.33. The fraction of sp³-hybridized carbons (Fsp3) is 0.944. The number of guanidine groups is 1. The van der Waals surface area contributed by atoms with Crippen molar-refractivity contribution in [2.45, 2.75) is 62.5 Å². The molecule has 3 aliphatic rings. The van der Waals surface area contributed by atoms with E-state index >= 15 is 0 Å². The maximum Gasteiger partial charge on any atom is 0.191 e. The number of morpholine rings is 1. The highest BCUT2D eigenvalue weighted by Gasteiger charge is 2.39. The molecule has 3 fully saturated rings. The first-order valence-corrected chi connectivity index (χ1v) is 9.66. The zero-order valence-corrected chi connectivity index (χ0v) is 15.1. The molecule has 0 bridgehead atoms. The van der Waals surface area contributed by atoms with E-state index in [1.165, 1.54) is 32.1 Å². The van der Waals surface area contributed by atoms with Gasteiger partial charge < -0.3 is 20.5 Å². The Morgan fingerprint density at radius 2 is 1.67 bits per heavy atom. The molecule has 0 atom stereocenters. The van der Waals surface area contributed by atoms with Crippen molar-refractivity contribution in [1.29, 1.82) is 0 Å². The van der Waals surface area contributed by atoms with Gasteiger partial charge in [-0.2, -0.15) is 0 Å². The van der Waals surface area contributed by atoms with Crippen LogP contribution in [-0.2, 0) is 4.74 Å². The van der Waals surface area contributed by atoms with Crippen LogP contribution in [0.5, 0.6) is 0 Å². The lowest BCUT2D eigenvalue weighted by molar-refractivity contribution is -0.0357. The third kappa shape index (κ3) is 4.21. The molecule has 2 aliphatic carbocycles. The third-order valence-electron chi connectivity index (χ3n) is 6.14. The van der Waals surface area contributed by atoms with Crippen LogP contribution >= 0.6 is 0 Å². The van der Waals surface area contributed by atoms with E-state index in [4.69, 9.17) is 4.74 Å². The van der Waals surface area contributed by atoms with Crippen LogP contribution in [0.2, 0.25) is 0 Å². The van der Waals surface area contributed by atoms with E-state index in [0.717, 1.165) is 58.1 Å². The molecule has 6 nitrogen and oxygen atoms in total. The lowest BCUT2D eigenvalue weighted by Gasteiger charge is -2.48. The van der Waals surface area contributed by atoms with Gasteiger partial charge in [-0.25, -0.2) is 0 Å². The van der Waals surface area contributed by atoms with Crippen LogP contribution in [0.1, 0.15) is 51.4 Å². The van der Waals surface area contributed by atoms with E-state index in [1.807, 2.05) is 7.05 Å². The first-order valence-electron chi connectivity index (χ1n) is 9.66. The van der Waals surface area contributed by atoms with Gasteiger partial charge in [-0.15, -0.1) is 0 Å². The topological polar surface area (TPSA) is 69.1 Å². The molecule has 0 radical (unpaired) electrons. The zero-order valence-electron chi connectivity index (χ0n) is 15.1. The molecule has 0 aromatic carbocycles. The SMILES string of the molecule is CN=C(NCC1(O)CCC1)NCC1(N2CCOCC2)CCCCC1. The normalized spacial score (nSPS) is 27.3. The van der Waals surface area contributed by atoms with Crippen LogP contribution in [0.4, 0.5) is 0 Å². The molecule has 24 heavy (non-hydrogen) atoms. The Balaban J connectivity index is 1.55. The molecule has 1 saturated heterocycles. The summed E-state index contributed by atoms with van der Waals surface area (Å²) in [7, 11) is 1.81. The molecule has 0 aromatic rings. The Bertz CT molecular complexity index is 425. The number of hydrogen-bond acceptors (Lipinski definition) is 4. The van der Waals surface area contributed by atoms with Crippen molar-refractivity contribution in [1.82, 2.24) is 15.5 Å². The second-order valence-corrected chi connectivity index (χ2v) is 7.74. The molecule has 3 rings (SSSR count). The number of ether oxygens (including phenoxy) is 1. The summed E-state index contributed by atoms with van der Waals surface area (Å²) in [5.74, 6) is 0.813. The van der Waals surface area contributed by atoms with E-state index in [1.54, 1.807) is 0 Å². The van der Waals surface area contributed by atoms with Gasteiger partial charge in [-0.3, -0.25) is 9.89 Å². The molecular weight excluding hydrogens is 304 g/mol. The first kappa shape index (κ1) is 18.0. The number of rotatable bonds is 5. The van der Waals surface area contributed by atoms with Gasteiger partial charge >= 0.3 is 0 Å². The number of hydrogen-bond donors (Lipinski definition) is 3. The van der Waals surface area contributed by atoms with Gasteiger partial charge in [0.25, 0.3) is 0 Å². The highest BCUT2D eigenvalue weighted by molar-refractivity contribution is 5.79. The van der Waals surface area contributed by atoms with Crippen molar-refractivity contribution < 1.29 is 9.84 Å². The lowest BCUT2D eigenvalue weighted by Crippen LogP contribution is -2.61. The molecular formula is C18H34N4O2. The maximum atomic E-state index is 10.3. The summed E-state index contributed by atoms with van der Waals surface area (Å²) in [4.78, 5) is 6.98. The predicted molar refractivity (Wildman–Crippen MR) is 96.4 cm³/mol. The highest BCUT2D eigenvalue weighted by Crippen LogP contribution is 2.34. The van der Waals surface area contributed by atoms with Gasteiger partial charge in [0.1, 0.15) is 0 Å². The molecule has 0 aromatic heterocycles. The Morgan fingerprint density at radius 3 is 2.25 bits per heavy atom. The van der Waals surface area contributed by atoms with Crippen molar-refractivity contribution in [2.24, 2.45) is 4.99 Å². The van der Waals surface area contributed by atoms with Crippen LogP contribution in [0, 0.1) is 0 Å². The molecule has 3 N–H and O–H groups in total. The minimum Gasteiger partial charge on any atom is -0.388 e. The number of aliphatic hydroxyl groups is 1. The smallest absolute Gasteiger partial charge is 0.191 e. The van der Waals surface area contributed by atoms with Gasteiger partial charge in [-0.05, 0) is 32.1 Å². The summed E-state index contributed by atoms with van der Waals surface area (Å²) in [6.45, 7) is 5.28. The summed E-state index contributed by atoms with van der Waals surface area (Å²) >= 11 is 0. The average Bonchev–Trinajstić information content (AvgIpc) is 2.62. The summed E-state index contributed by atoms with van der Waals surface area (Å²) in [5.41, 5.74) is -0.294. The molecule has 1 heterocycles. The fourth-order valence-electron chi connectivity index (χ4n) is 4.33. The van der Waals surface area contributed by atoms with Crippen molar-refractivity contribution in [3.63, 3.8) is 0 Å². The van der Waals surface area contributed by atoms with E-state index < -0.39 is 5.60 Å². The van der Waals surface area contributed by atoms with Gasteiger partial charge in [0, 0.05) is 38.8 Å². The van der Waals surface area contributed by atoms with Crippen LogP contribution in [0.3, 0.4) is 0 Å². The Hall–Kier alpha value is -0.850. The van der Waals surface area contributed by atoms with E-state index in [2.05, 4.69) is 20.5 Å². The monoisotopic (exact) mass is 338 g/mol. The highest BCUT2D eigenvalue weighted by atomic mass is 16.5. The van der Waals surface area contributed by atoms with Crippen molar-refractivity contribution in [3.8, 4) is 0 Å². The van der Waals surface area contributed by atoms with Gasteiger partial charge in [0.05, 0.1) is 18.8 Å². The predicted octanol–water partition coefficient (Wildman–Crippen LogP) is 1.10. The van der Waals surface area contributed by atoms with Gasteiger partial charge in [-0.1, -0.05) is 19.3 Å². The largest absolute Gasteiger partial charge is 0.388 e. The number of aliphatic imine (C=N–C) groups is 1. The van der Waals surface area contributed by atoms with Gasteiger partial charge in [0.15, 0.2) is 5.96 Å². The molecule has 0 spiro atoms. The lowest BCUT2D eigenvalue weighted by atomic mass is 9.79. The van der Waals surface area contributed by atoms with Crippen LogP contribution < -0.4 is 10.6 Å². The summed E-state index contributed by atoms with van der Waals surface area (Å²) in [6.07, 6.45) is 9.40. The van der Waals surface area contributed by atoms with Crippen LogP contribution in [-0.4, -0.2) is 73.5 Å². The summed E-state index contributed by atoms with van der Waals surface area (Å²) < 4.78 is 5.55. The summed E-state index contributed by atoms with van der Waals surface area (Å²) in [5, 5.41) is 17.1.